The second-order valence-electron chi connectivity index (χ2n) is 4.74. The summed E-state index contributed by atoms with van der Waals surface area (Å²) in [5.41, 5.74) is -0.0787. The summed E-state index contributed by atoms with van der Waals surface area (Å²) in [6.45, 7) is 0. The molecule has 0 aliphatic rings. The van der Waals surface area contributed by atoms with Crippen LogP contribution in [0, 0.1) is 11.6 Å². The van der Waals surface area contributed by atoms with E-state index in [1.54, 1.807) is 0 Å². The lowest BCUT2D eigenvalue weighted by molar-refractivity contribution is -0.0258. The van der Waals surface area contributed by atoms with Gasteiger partial charge in [0.15, 0.2) is 0 Å². The van der Waals surface area contributed by atoms with Gasteiger partial charge in [-0.1, -0.05) is 10.5 Å². The lowest BCUT2D eigenvalue weighted by Crippen LogP contribution is -2.26. The number of benzene rings is 2. The number of anilines is 1. The number of rotatable bonds is 5. The first kappa shape index (κ1) is 18.0. The molecule has 0 atom stereocenters. The van der Waals surface area contributed by atoms with Gasteiger partial charge < -0.3 is 5.32 Å². The van der Waals surface area contributed by atoms with Crippen LogP contribution in [-0.2, 0) is 14.9 Å². The first-order valence-electron chi connectivity index (χ1n) is 6.64. The first-order valence-corrected chi connectivity index (χ1v) is 8.08. The Bertz CT molecular complexity index is 851. The van der Waals surface area contributed by atoms with Crippen molar-refractivity contribution in [2.45, 2.75) is 4.90 Å². The Morgan fingerprint density at radius 3 is 2.33 bits per heavy atom. The summed E-state index contributed by atoms with van der Waals surface area (Å²) in [5.74, 6) is -2.40. The maximum atomic E-state index is 13.1. The Labute approximate surface area is 137 Å². The number of hydrogen-bond donors (Lipinski definition) is 1. The van der Waals surface area contributed by atoms with E-state index in [1.165, 1.54) is 32.4 Å². The third-order valence-corrected chi connectivity index (χ3v) is 4.79. The largest absolute Gasteiger partial charge is 0.322 e. The molecule has 0 aliphatic heterocycles. The van der Waals surface area contributed by atoms with Gasteiger partial charge in [0.25, 0.3) is 15.9 Å². The zero-order valence-electron chi connectivity index (χ0n) is 12.8. The van der Waals surface area contributed by atoms with Crippen molar-refractivity contribution in [3.8, 4) is 0 Å². The molecule has 0 aliphatic carbocycles. The smallest absolute Gasteiger partial charge is 0.264 e. The number of carbonyl (C=O) groups is 1. The molecule has 0 saturated carbocycles. The highest BCUT2D eigenvalue weighted by molar-refractivity contribution is 7.89. The van der Waals surface area contributed by atoms with Crippen molar-refractivity contribution in [1.29, 1.82) is 0 Å². The predicted octanol–water partition coefficient (Wildman–Crippen LogP) is 2.40. The molecule has 9 heteroatoms. The normalized spacial score (nSPS) is 11.5. The van der Waals surface area contributed by atoms with Crippen molar-refractivity contribution in [1.82, 2.24) is 4.47 Å². The molecule has 2 rings (SSSR count). The molecule has 6 nitrogen and oxygen atoms in total. The van der Waals surface area contributed by atoms with E-state index in [0.717, 1.165) is 18.2 Å². The number of sulfonamides is 1. The lowest BCUT2D eigenvalue weighted by Gasteiger charge is -2.14. The number of amides is 1. The standard InChI is InChI=1S/C15H14F2N2O4S/c1-19(23-2)24(21,22)14-5-3-4-10(6-14)15(20)18-13-8-11(16)7-12(17)9-13/h3-9H,1-2H3,(H,18,20). The van der Waals surface area contributed by atoms with Crippen LogP contribution in [0.2, 0.25) is 0 Å². The molecule has 0 bridgehead atoms. The molecule has 0 saturated heterocycles. The van der Waals surface area contributed by atoms with Gasteiger partial charge in [-0.05, 0) is 30.3 Å². The zero-order valence-corrected chi connectivity index (χ0v) is 13.6. The molecule has 2 aromatic rings. The van der Waals surface area contributed by atoms with Crippen molar-refractivity contribution < 1.29 is 26.8 Å². The molecule has 1 amide bonds. The maximum Gasteiger partial charge on any atom is 0.264 e. The Kier molecular flexibility index (Phi) is 5.27. The van der Waals surface area contributed by atoms with Gasteiger partial charge >= 0.3 is 0 Å². The van der Waals surface area contributed by atoms with Crippen LogP contribution in [0.1, 0.15) is 10.4 Å². The number of carbonyl (C=O) groups excluding carboxylic acids is 1. The van der Waals surface area contributed by atoms with E-state index in [9.17, 15) is 22.0 Å². The molecule has 128 valence electrons. The summed E-state index contributed by atoms with van der Waals surface area (Å²) in [6, 6.07) is 7.73. The predicted molar refractivity (Wildman–Crippen MR) is 82.7 cm³/mol. The van der Waals surface area contributed by atoms with E-state index in [0.29, 0.717) is 10.5 Å². The highest BCUT2D eigenvalue weighted by Gasteiger charge is 2.22. The maximum absolute atomic E-state index is 13.1. The van der Waals surface area contributed by atoms with Crippen LogP contribution in [0.25, 0.3) is 0 Å². The lowest BCUT2D eigenvalue weighted by atomic mass is 10.2. The minimum atomic E-state index is -3.92. The molecular formula is C15H14F2N2O4S. The average Bonchev–Trinajstić information content (AvgIpc) is 2.53. The van der Waals surface area contributed by atoms with Crippen molar-refractivity contribution in [3.63, 3.8) is 0 Å². The van der Waals surface area contributed by atoms with Crippen LogP contribution in [0.5, 0.6) is 0 Å². The Morgan fingerprint density at radius 1 is 1.12 bits per heavy atom. The summed E-state index contributed by atoms with van der Waals surface area (Å²) in [5, 5.41) is 2.30. The molecule has 1 N–H and O–H groups in total. The molecule has 24 heavy (non-hydrogen) atoms. The van der Waals surface area contributed by atoms with E-state index >= 15 is 0 Å². The van der Waals surface area contributed by atoms with E-state index in [1.807, 2.05) is 0 Å². The van der Waals surface area contributed by atoms with Crippen LogP contribution in [-0.4, -0.2) is 33.0 Å². The van der Waals surface area contributed by atoms with E-state index in [4.69, 9.17) is 0 Å². The molecule has 2 aromatic carbocycles. The fourth-order valence-corrected chi connectivity index (χ4v) is 2.89. The van der Waals surface area contributed by atoms with Crippen molar-refractivity contribution in [2.24, 2.45) is 0 Å². The second-order valence-corrected chi connectivity index (χ2v) is 6.67. The van der Waals surface area contributed by atoms with Crippen LogP contribution < -0.4 is 5.32 Å². The van der Waals surface area contributed by atoms with Crippen LogP contribution in [0.15, 0.2) is 47.4 Å². The Balaban J connectivity index is 2.29. The summed E-state index contributed by atoms with van der Waals surface area (Å²) in [6.07, 6.45) is 0. The number of nitrogens with zero attached hydrogens (tertiary/aromatic N) is 1. The monoisotopic (exact) mass is 356 g/mol. The van der Waals surface area contributed by atoms with Gasteiger partial charge in [-0.15, -0.1) is 0 Å². The van der Waals surface area contributed by atoms with Gasteiger partial charge in [-0.25, -0.2) is 17.2 Å². The van der Waals surface area contributed by atoms with Crippen molar-refractivity contribution in [2.75, 3.05) is 19.5 Å². The zero-order chi connectivity index (χ0) is 17.9. The fraction of sp³-hybridized carbons (Fsp3) is 0.133. The molecule has 0 unspecified atom stereocenters. The van der Waals surface area contributed by atoms with Crippen LogP contribution >= 0.6 is 0 Å². The first-order chi connectivity index (χ1) is 11.2. The third kappa shape index (κ3) is 3.94. The van der Waals surface area contributed by atoms with Crippen LogP contribution in [0.4, 0.5) is 14.5 Å². The van der Waals surface area contributed by atoms with E-state index < -0.39 is 27.6 Å². The number of nitrogens with one attached hydrogen (secondary N) is 1. The highest BCUT2D eigenvalue weighted by Crippen LogP contribution is 2.18. The topological polar surface area (TPSA) is 75.7 Å². The SMILES string of the molecule is CON(C)S(=O)(=O)c1cccc(C(=O)Nc2cc(F)cc(F)c2)c1. The number of hydrogen-bond acceptors (Lipinski definition) is 4. The molecule has 0 heterocycles. The Hall–Kier alpha value is -2.36. The minimum Gasteiger partial charge on any atom is -0.322 e. The Morgan fingerprint density at radius 2 is 1.75 bits per heavy atom. The van der Waals surface area contributed by atoms with Crippen molar-refractivity contribution in [3.05, 3.63) is 59.7 Å². The summed E-state index contributed by atoms with van der Waals surface area (Å²) in [4.78, 5) is 16.7. The molecule has 0 aromatic heterocycles. The quantitative estimate of drug-likeness (QED) is 0.835. The van der Waals surface area contributed by atoms with E-state index in [2.05, 4.69) is 10.2 Å². The van der Waals surface area contributed by atoms with Crippen LogP contribution in [0.3, 0.4) is 0 Å². The minimum absolute atomic E-state index is 0.00486. The molecule has 0 fully saturated rings. The number of halogens is 2. The summed E-state index contributed by atoms with van der Waals surface area (Å²) in [7, 11) is -1.53. The highest BCUT2D eigenvalue weighted by atomic mass is 32.2. The average molecular weight is 356 g/mol. The molecule has 0 spiro atoms. The third-order valence-electron chi connectivity index (χ3n) is 3.11. The van der Waals surface area contributed by atoms with Gasteiger partial charge in [-0.3, -0.25) is 9.63 Å². The molecule has 0 radical (unpaired) electrons. The van der Waals surface area contributed by atoms with Gasteiger partial charge in [0.2, 0.25) is 0 Å². The molecular weight excluding hydrogens is 342 g/mol. The van der Waals surface area contributed by atoms with Gasteiger partial charge in [0.05, 0.1) is 12.0 Å². The second kappa shape index (κ2) is 7.04. The van der Waals surface area contributed by atoms with E-state index in [-0.39, 0.29) is 16.1 Å². The summed E-state index contributed by atoms with van der Waals surface area (Å²) < 4.78 is 51.2. The summed E-state index contributed by atoms with van der Waals surface area (Å²) >= 11 is 0. The fourth-order valence-electron chi connectivity index (χ4n) is 1.87. The van der Waals surface area contributed by atoms with Gasteiger partial charge in [-0.2, -0.15) is 0 Å². The van der Waals surface area contributed by atoms with Gasteiger partial charge in [0, 0.05) is 24.4 Å². The van der Waals surface area contributed by atoms with Crippen molar-refractivity contribution >= 4 is 21.6 Å². The van der Waals surface area contributed by atoms with Gasteiger partial charge in [0.1, 0.15) is 11.6 Å². The number of hydroxylamine groups is 1.